The van der Waals surface area contributed by atoms with Gasteiger partial charge in [-0.2, -0.15) is 5.26 Å². The zero-order valence-corrected chi connectivity index (χ0v) is 12.4. The van der Waals surface area contributed by atoms with Gasteiger partial charge in [0.15, 0.2) is 0 Å². The van der Waals surface area contributed by atoms with Crippen molar-refractivity contribution in [3.8, 4) is 6.07 Å². The maximum Gasteiger partial charge on any atom is 0.238 e. The van der Waals surface area contributed by atoms with Crippen LogP contribution in [0.4, 0.5) is 5.69 Å². The van der Waals surface area contributed by atoms with Crippen molar-refractivity contribution in [1.29, 1.82) is 5.26 Å². The first-order valence-electron chi connectivity index (χ1n) is 7.43. The van der Waals surface area contributed by atoms with E-state index in [0.717, 1.165) is 37.3 Å². The summed E-state index contributed by atoms with van der Waals surface area (Å²) in [5, 5.41) is 14.8. The molecule has 1 amide bonds. The van der Waals surface area contributed by atoms with E-state index in [1.54, 1.807) is 0 Å². The third-order valence-corrected chi connectivity index (χ3v) is 3.65. The van der Waals surface area contributed by atoms with Crippen LogP contribution < -0.4 is 10.6 Å². The predicted molar refractivity (Wildman–Crippen MR) is 82.9 cm³/mol. The molecule has 5 nitrogen and oxygen atoms in total. The summed E-state index contributed by atoms with van der Waals surface area (Å²) >= 11 is 0. The van der Waals surface area contributed by atoms with Gasteiger partial charge in [-0.1, -0.05) is 19.1 Å². The van der Waals surface area contributed by atoms with Crippen LogP contribution in [0.5, 0.6) is 0 Å². The van der Waals surface area contributed by atoms with Gasteiger partial charge >= 0.3 is 0 Å². The lowest BCUT2D eigenvalue weighted by molar-refractivity contribution is -0.118. The second kappa shape index (κ2) is 7.77. The number of nitrogens with one attached hydrogen (secondary N) is 2. The second-order valence-corrected chi connectivity index (χ2v) is 5.36. The van der Waals surface area contributed by atoms with Gasteiger partial charge < -0.3 is 10.6 Å². The molecule has 0 unspecified atom stereocenters. The van der Waals surface area contributed by atoms with Gasteiger partial charge in [0.25, 0.3) is 0 Å². The lowest BCUT2D eigenvalue weighted by Gasteiger charge is -2.37. The van der Waals surface area contributed by atoms with Gasteiger partial charge in [0.1, 0.15) is 0 Å². The summed E-state index contributed by atoms with van der Waals surface area (Å²) in [4.78, 5) is 14.4. The highest BCUT2D eigenvalue weighted by Gasteiger charge is 2.25. The molecular formula is C16H22N4O. The number of carbonyl (C=O) groups is 1. The molecule has 0 aromatic heterocycles. The van der Waals surface area contributed by atoms with E-state index in [2.05, 4.69) is 28.5 Å². The third-order valence-electron chi connectivity index (χ3n) is 3.65. The zero-order valence-electron chi connectivity index (χ0n) is 12.4. The van der Waals surface area contributed by atoms with Crippen molar-refractivity contribution in [2.24, 2.45) is 0 Å². The zero-order chi connectivity index (χ0) is 15.1. The summed E-state index contributed by atoms with van der Waals surface area (Å²) < 4.78 is 0. The Morgan fingerprint density at radius 1 is 1.43 bits per heavy atom. The molecule has 0 aliphatic carbocycles. The monoisotopic (exact) mass is 286 g/mol. The SMILES string of the molecule is CCCN(CC(=O)Nc1ccc(CC#N)cc1)C1CNC1. The summed E-state index contributed by atoms with van der Waals surface area (Å²) in [6.45, 7) is 5.44. The number of carbonyl (C=O) groups excluding carboxylic acids is 1. The van der Waals surface area contributed by atoms with E-state index < -0.39 is 0 Å². The highest BCUT2D eigenvalue weighted by atomic mass is 16.2. The molecule has 1 fully saturated rings. The number of rotatable bonds is 7. The molecule has 1 aliphatic heterocycles. The van der Waals surface area contributed by atoms with Crippen LogP contribution in [0.3, 0.4) is 0 Å². The topological polar surface area (TPSA) is 68.2 Å². The quantitative estimate of drug-likeness (QED) is 0.794. The Morgan fingerprint density at radius 3 is 2.67 bits per heavy atom. The molecule has 1 aromatic rings. The van der Waals surface area contributed by atoms with Crippen molar-refractivity contribution in [2.45, 2.75) is 25.8 Å². The Bertz CT molecular complexity index is 502. The van der Waals surface area contributed by atoms with E-state index in [4.69, 9.17) is 5.26 Å². The summed E-state index contributed by atoms with van der Waals surface area (Å²) in [6, 6.07) is 10.0. The molecule has 1 aliphatic rings. The van der Waals surface area contributed by atoms with E-state index in [-0.39, 0.29) is 5.91 Å². The number of hydrogen-bond donors (Lipinski definition) is 2. The largest absolute Gasteiger partial charge is 0.325 e. The highest BCUT2D eigenvalue weighted by molar-refractivity contribution is 5.92. The first-order valence-corrected chi connectivity index (χ1v) is 7.43. The van der Waals surface area contributed by atoms with Gasteiger partial charge in [-0.3, -0.25) is 9.69 Å². The molecule has 112 valence electrons. The molecule has 1 heterocycles. The summed E-state index contributed by atoms with van der Waals surface area (Å²) in [5.74, 6) is 0.0170. The van der Waals surface area contributed by atoms with E-state index in [1.807, 2.05) is 24.3 Å². The van der Waals surface area contributed by atoms with Crippen molar-refractivity contribution in [3.63, 3.8) is 0 Å². The van der Waals surface area contributed by atoms with Crippen LogP contribution in [0, 0.1) is 11.3 Å². The molecule has 2 rings (SSSR count). The van der Waals surface area contributed by atoms with Gasteiger partial charge in [-0.05, 0) is 30.7 Å². The number of hydrogen-bond acceptors (Lipinski definition) is 4. The molecule has 21 heavy (non-hydrogen) atoms. The number of benzene rings is 1. The van der Waals surface area contributed by atoms with Crippen LogP contribution >= 0.6 is 0 Å². The van der Waals surface area contributed by atoms with Crippen LogP contribution in [0.1, 0.15) is 18.9 Å². The molecule has 0 spiro atoms. The van der Waals surface area contributed by atoms with E-state index in [0.29, 0.717) is 19.0 Å². The van der Waals surface area contributed by atoms with Crippen molar-refractivity contribution < 1.29 is 4.79 Å². The Morgan fingerprint density at radius 2 is 2.14 bits per heavy atom. The molecular weight excluding hydrogens is 264 g/mol. The van der Waals surface area contributed by atoms with Crippen LogP contribution in [-0.2, 0) is 11.2 Å². The molecule has 1 saturated heterocycles. The fraction of sp³-hybridized carbons (Fsp3) is 0.500. The molecule has 1 aromatic carbocycles. The molecule has 0 saturated carbocycles. The highest BCUT2D eigenvalue weighted by Crippen LogP contribution is 2.11. The minimum Gasteiger partial charge on any atom is -0.325 e. The lowest BCUT2D eigenvalue weighted by atomic mass is 10.1. The minimum atomic E-state index is 0.0170. The van der Waals surface area contributed by atoms with Crippen molar-refractivity contribution >= 4 is 11.6 Å². The standard InChI is InChI=1S/C16H22N4O/c1-2-9-20(15-10-18-11-15)12-16(21)19-14-5-3-13(4-6-14)7-8-17/h3-6,15,18H,2,7,9-12H2,1H3,(H,19,21). The van der Waals surface area contributed by atoms with Crippen molar-refractivity contribution in [1.82, 2.24) is 10.2 Å². The summed E-state index contributed by atoms with van der Waals surface area (Å²) in [7, 11) is 0. The van der Waals surface area contributed by atoms with E-state index >= 15 is 0 Å². The average Bonchev–Trinajstić information content (AvgIpc) is 2.39. The Kier molecular flexibility index (Phi) is 5.73. The third kappa shape index (κ3) is 4.55. The summed E-state index contributed by atoms with van der Waals surface area (Å²) in [6.07, 6.45) is 1.44. The number of nitrogens with zero attached hydrogens (tertiary/aromatic N) is 2. The molecule has 5 heteroatoms. The first-order chi connectivity index (χ1) is 10.2. The van der Waals surface area contributed by atoms with Crippen LogP contribution in [0.15, 0.2) is 24.3 Å². The molecule has 2 N–H and O–H groups in total. The van der Waals surface area contributed by atoms with Crippen molar-refractivity contribution in [3.05, 3.63) is 29.8 Å². The normalized spacial score (nSPS) is 14.5. The predicted octanol–water partition coefficient (Wildman–Crippen LogP) is 1.37. The van der Waals surface area contributed by atoms with Crippen molar-refractivity contribution in [2.75, 3.05) is 31.5 Å². The summed E-state index contributed by atoms with van der Waals surface area (Å²) in [5.41, 5.74) is 1.74. The van der Waals surface area contributed by atoms with E-state index in [1.165, 1.54) is 0 Å². The number of amides is 1. The molecule has 0 atom stereocenters. The van der Waals surface area contributed by atoms with Gasteiger partial charge in [0.05, 0.1) is 19.0 Å². The average molecular weight is 286 g/mol. The van der Waals surface area contributed by atoms with Crippen LogP contribution in [0.2, 0.25) is 0 Å². The Balaban J connectivity index is 1.86. The maximum absolute atomic E-state index is 12.1. The lowest BCUT2D eigenvalue weighted by Crippen LogP contribution is -2.58. The first kappa shape index (κ1) is 15.5. The maximum atomic E-state index is 12.1. The molecule has 0 bridgehead atoms. The van der Waals surface area contributed by atoms with Crippen LogP contribution in [-0.4, -0.2) is 43.0 Å². The van der Waals surface area contributed by atoms with E-state index in [9.17, 15) is 4.79 Å². The smallest absolute Gasteiger partial charge is 0.238 e. The van der Waals surface area contributed by atoms with Gasteiger partial charge in [-0.15, -0.1) is 0 Å². The number of nitriles is 1. The minimum absolute atomic E-state index is 0.0170. The molecule has 0 radical (unpaired) electrons. The van der Waals surface area contributed by atoms with Gasteiger partial charge in [0, 0.05) is 24.8 Å². The number of anilines is 1. The van der Waals surface area contributed by atoms with Gasteiger partial charge in [-0.25, -0.2) is 0 Å². The Hall–Kier alpha value is -1.90. The second-order valence-electron chi connectivity index (χ2n) is 5.36. The fourth-order valence-electron chi connectivity index (χ4n) is 2.39. The fourth-order valence-corrected chi connectivity index (χ4v) is 2.39. The Labute approximate surface area is 125 Å². The van der Waals surface area contributed by atoms with Gasteiger partial charge in [0.2, 0.25) is 5.91 Å². The van der Waals surface area contributed by atoms with Crippen LogP contribution in [0.25, 0.3) is 0 Å².